The van der Waals surface area contributed by atoms with Crippen LogP contribution in [0.3, 0.4) is 0 Å². The molecule has 2 aromatic rings. The number of carbonyl (C=O) groups is 1. The van der Waals surface area contributed by atoms with E-state index in [1.54, 1.807) is 0 Å². The number of hydrogen-bond donors (Lipinski definition) is 1. The zero-order valence-electron chi connectivity index (χ0n) is 19.1. The molecule has 0 saturated carbocycles. The van der Waals surface area contributed by atoms with Gasteiger partial charge in [0.1, 0.15) is 0 Å². The lowest BCUT2D eigenvalue weighted by molar-refractivity contribution is -0.121. The van der Waals surface area contributed by atoms with Gasteiger partial charge in [0.05, 0.1) is 5.69 Å². The van der Waals surface area contributed by atoms with Crippen molar-refractivity contribution in [3.63, 3.8) is 0 Å². The first-order valence-electron chi connectivity index (χ1n) is 10.9. The Morgan fingerprint density at radius 2 is 1.79 bits per heavy atom. The third-order valence-electron chi connectivity index (χ3n) is 5.55. The molecule has 1 heterocycles. The van der Waals surface area contributed by atoms with Gasteiger partial charge in [0, 0.05) is 31.7 Å². The average Bonchev–Trinajstić information content (AvgIpc) is 2.95. The van der Waals surface area contributed by atoms with Crippen molar-refractivity contribution in [2.24, 2.45) is 5.92 Å². The molecule has 29 heavy (non-hydrogen) atoms. The van der Waals surface area contributed by atoms with Crippen molar-refractivity contribution in [1.82, 2.24) is 20.0 Å². The molecule has 0 aliphatic heterocycles. The molecule has 5 heteroatoms. The van der Waals surface area contributed by atoms with Gasteiger partial charge in [-0.05, 0) is 56.0 Å². The minimum atomic E-state index is 0.0954. The molecule has 1 amide bonds. The Morgan fingerprint density at radius 1 is 1.14 bits per heavy atom. The van der Waals surface area contributed by atoms with Gasteiger partial charge in [-0.1, -0.05) is 52.0 Å². The van der Waals surface area contributed by atoms with E-state index in [0.29, 0.717) is 18.9 Å². The third kappa shape index (κ3) is 6.70. The molecule has 1 aromatic heterocycles. The van der Waals surface area contributed by atoms with Gasteiger partial charge in [0.15, 0.2) is 0 Å². The van der Waals surface area contributed by atoms with Crippen LogP contribution < -0.4 is 5.32 Å². The molecule has 0 saturated heterocycles. The van der Waals surface area contributed by atoms with Gasteiger partial charge in [-0.15, -0.1) is 0 Å². The van der Waals surface area contributed by atoms with Gasteiger partial charge >= 0.3 is 0 Å². The molecule has 0 bridgehead atoms. The van der Waals surface area contributed by atoms with Crippen LogP contribution >= 0.6 is 0 Å². The summed E-state index contributed by atoms with van der Waals surface area (Å²) in [5.41, 5.74) is 5.93. The maximum absolute atomic E-state index is 12.5. The lowest BCUT2D eigenvalue weighted by atomic mass is 10.1. The average molecular weight is 399 g/mol. The Hall–Kier alpha value is -2.14. The Labute approximate surface area is 176 Å². The van der Waals surface area contributed by atoms with E-state index in [1.807, 2.05) is 13.0 Å². The number of nitrogens with one attached hydrogen (secondary N) is 1. The number of carbonyl (C=O) groups excluding carboxylic acids is 1. The van der Waals surface area contributed by atoms with Crippen molar-refractivity contribution < 1.29 is 4.79 Å². The smallest absolute Gasteiger partial charge is 0.220 e. The van der Waals surface area contributed by atoms with Crippen molar-refractivity contribution in [2.45, 2.75) is 74.0 Å². The van der Waals surface area contributed by atoms with E-state index in [2.05, 4.69) is 72.8 Å². The van der Waals surface area contributed by atoms with Crippen LogP contribution in [0.25, 0.3) is 0 Å². The van der Waals surface area contributed by atoms with E-state index in [0.717, 1.165) is 38.3 Å². The maximum atomic E-state index is 12.5. The van der Waals surface area contributed by atoms with E-state index in [1.165, 1.54) is 22.4 Å². The number of nitrogens with zero attached hydrogens (tertiary/aromatic N) is 3. The SMILES string of the molecule is CCN(CC)Cc1ccccc1CNC(=O)CCc1c(C)nn(CC(C)C)c1C. The summed E-state index contributed by atoms with van der Waals surface area (Å²) in [5, 5.41) is 7.77. The minimum Gasteiger partial charge on any atom is -0.352 e. The highest BCUT2D eigenvalue weighted by Gasteiger charge is 2.14. The predicted molar refractivity (Wildman–Crippen MR) is 120 cm³/mol. The molecule has 5 nitrogen and oxygen atoms in total. The molecule has 0 radical (unpaired) electrons. The van der Waals surface area contributed by atoms with E-state index in [-0.39, 0.29) is 5.91 Å². The summed E-state index contributed by atoms with van der Waals surface area (Å²) in [6.45, 7) is 17.4. The quantitative estimate of drug-likeness (QED) is 0.616. The van der Waals surface area contributed by atoms with Gasteiger partial charge in [-0.2, -0.15) is 5.10 Å². The molecule has 1 aromatic carbocycles. The van der Waals surface area contributed by atoms with E-state index < -0.39 is 0 Å². The monoisotopic (exact) mass is 398 g/mol. The van der Waals surface area contributed by atoms with Crippen LogP contribution in [0.15, 0.2) is 24.3 Å². The fourth-order valence-corrected chi connectivity index (χ4v) is 3.71. The molecule has 2 rings (SSSR count). The van der Waals surface area contributed by atoms with Crippen molar-refractivity contribution >= 4 is 5.91 Å². The highest BCUT2D eigenvalue weighted by molar-refractivity contribution is 5.76. The lowest BCUT2D eigenvalue weighted by Gasteiger charge is -2.20. The van der Waals surface area contributed by atoms with Crippen molar-refractivity contribution in [3.8, 4) is 0 Å². The molecular formula is C24H38N4O. The first-order chi connectivity index (χ1) is 13.8. The van der Waals surface area contributed by atoms with E-state index >= 15 is 0 Å². The van der Waals surface area contributed by atoms with Crippen LogP contribution in [0.4, 0.5) is 0 Å². The molecule has 0 fully saturated rings. The molecular weight excluding hydrogens is 360 g/mol. The summed E-state index contributed by atoms with van der Waals surface area (Å²) in [7, 11) is 0. The van der Waals surface area contributed by atoms with Crippen LogP contribution in [0.2, 0.25) is 0 Å². The second kappa shape index (κ2) is 11.1. The van der Waals surface area contributed by atoms with Gasteiger partial charge < -0.3 is 5.32 Å². The number of benzene rings is 1. The Kier molecular flexibility index (Phi) is 8.90. The third-order valence-corrected chi connectivity index (χ3v) is 5.55. The van der Waals surface area contributed by atoms with E-state index in [9.17, 15) is 4.79 Å². The summed E-state index contributed by atoms with van der Waals surface area (Å²) in [4.78, 5) is 14.9. The van der Waals surface area contributed by atoms with Crippen LogP contribution in [-0.4, -0.2) is 33.7 Å². The van der Waals surface area contributed by atoms with E-state index in [4.69, 9.17) is 0 Å². The Morgan fingerprint density at radius 3 is 2.41 bits per heavy atom. The number of amides is 1. The topological polar surface area (TPSA) is 50.2 Å². The summed E-state index contributed by atoms with van der Waals surface area (Å²) in [6, 6.07) is 8.40. The highest BCUT2D eigenvalue weighted by Crippen LogP contribution is 2.17. The number of aryl methyl sites for hydroxylation is 1. The summed E-state index contributed by atoms with van der Waals surface area (Å²) in [6.07, 6.45) is 1.23. The number of rotatable bonds is 11. The largest absolute Gasteiger partial charge is 0.352 e. The zero-order chi connectivity index (χ0) is 21.4. The Bertz CT molecular complexity index is 790. The van der Waals surface area contributed by atoms with Gasteiger partial charge in [-0.25, -0.2) is 0 Å². The first kappa shape index (κ1) is 23.1. The lowest BCUT2D eigenvalue weighted by Crippen LogP contribution is -2.26. The van der Waals surface area contributed by atoms with Crippen LogP contribution in [-0.2, 0) is 30.8 Å². The summed E-state index contributed by atoms with van der Waals surface area (Å²) in [5.74, 6) is 0.651. The van der Waals surface area contributed by atoms with Crippen LogP contribution in [0.1, 0.15) is 62.2 Å². The van der Waals surface area contributed by atoms with Crippen molar-refractivity contribution in [1.29, 1.82) is 0 Å². The number of aromatic nitrogens is 2. The summed E-state index contributed by atoms with van der Waals surface area (Å²) < 4.78 is 2.08. The predicted octanol–water partition coefficient (Wildman–Crippen LogP) is 4.25. The summed E-state index contributed by atoms with van der Waals surface area (Å²) >= 11 is 0. The molecule has 0 aliphatic rings. The van der Waals surface area contributed by atoms with Gasteiger partial charge in [-0.3, -0.25) is 14.4 Å². The second-order valence-corrected chi connectivity index (χ2v) is 8.23. The standard InChI is InChI=1S/C24H38N4O/c1-7-27(8-2)17-22-12-10-9-11-21(22)15-25-24(29)14-13-23-19(5)26-28(20(23)6)16-18(3)4/h9-12,18H,7-8,13-17H2,1-6H3,(H,25,29). The molecule has 0 atom stereocenters. The first-order valence-corrected chi connectivity index (χ1v) is 10.9. The molecule has 1 N–H and O–H groups in total. The molecule has 0 spiro atoms. The van der Waals surface area contributed by atoms with Gasteiger partial charge in [0.2, 0.25) is 5.91 Å². The van der Waals surface area contributed by atoms with Crippen molar-refractivity contribution in [2.75, 3.05) is 13.1 Å². The molecule has 0 aliphatic carbocycles. The van der Waals surface area contributed by atoms with Crippen LogP contribution in [0.5, 0.6) is 0 Å². The Balaban J connectivity index is 1.92. The normalized spacial score (nSPS) is 11.4. The minimum absolute atomic E-state index is 0.0954. The molecule has 160 valence electrons. The fourth-order valence-electron chi connectivity index (χ4n) is 3.71. The van der Waals surface area contributed by atoms with Crippen molar-refractivity contribution in [3.05, 3.63) is 52.3 Å². The highest BCUT2D eigenvalue weighted by atomic mass is 16.1. The fraction of sp³-hybridized carbons (Fsp3) is 0.583. The molecule has 0 unspecified atom stereocenters. The maximum Gasteiger partial charge on any atom is 0.220 e. The van der Waals surface area contributed by atoms with Crippen LogP contribution in [0, 0.1) is 19.8 Å². The number of hydrogen-bond acceptors (Lipinski definition) is 3. The second-order valence-electron chi connectivity index (χ2n) is 8.23. The zero-order valence-corrected chi connectivity index (χ0v) is 19.1. The van der Waals surface area contributed by atoms with Gasteiger partial charge in [0.25, 0.3) is 0 Å².